The molecule has 0 unspecified atom stereocenters. The molecule has 0 atom stereocenters. The Morgan fingerprint density at radius 2 is 1.67 bits per heavy atom. The molecule has 0 bridgehead atoms. The van der Waals surface area contributed by atoms with E-state index in [1.54, 1.807) is 0 Å². The average molecular weight is 447 g/mol. The Morgan fingerprint density at radius 3 is 2.13 bits per heavy atom. The Bertz CT molecular complexity index is 1070. The molecule has 7 nitrogen and oxygen atoms in total. The molecule has 0 saturated carbocycles. The predicted molar refractivity (Wildman–Crippen MR) is 111 cm³/mol. The topological polar surface area (TPSA) is 79.0 Å². The Morgan fingerprint density at radius 1 is 1.10 bits per heavy atom. The summed E-state index contributed by atoms with van der Waals surface area (Å²) in [5.41, 5.74) is -3.89. The number of hydrogen-bond acceptors (Lipinski definition) is 5. The molecule has 0 aliphatic carbocycles. The molecule has 2 aromatic rings. The van der Waals surface area contributed by atoms with Gasteiger partial charge in [-0.25, -0.2) is 14.8 Å². The Balaban J connectivity index is 2.79. The van der Waals surface area contributed by atoms with Gasteiger partial charge in [-0.2, -0.15) is 13.2 Å². The Labute approximate surface area is 174 Å². The van der Waals surface area contributed by atoms with Gasteiger partial charge < -0.3 is 4.43 Å². The fourth-order valence-electron chi connectivity index (χ4n) is 2.63. The lowest BCUT2D eigenvalue weighted by atomic mass is 10.2. The lowest BCUT2D eigenvalue weighted by Crippen LogP contribution is -2.41. The third-order valence-electron chi connectivity index (χ3n) is 5.42. The van der Waals surface area contributed by atoms with Gasteiger partial charge in [-0.3, -0.25) is 13.9 Å². The lowest BCUT2D eigenvalue weighted by molar-refractivity contribution is -0.142. The fraction of sp³-hybridized carbons (Fsp3) is 0.684. The molecular weight excluding hydrogens is 417 g/mol. The molecule has 0 spiro atoms. The van der Waals surface area contributed by atoms with Gasteiger partial charge in [0, 0.05) is 13.6 Å². The third kappa shape index (κ3) is 4.66. The van der Waals surface area contributed by atoms with Crippen LogP contribution in [0.15, 0.2) is 9.59 Å². The van der Waals surface area contributed by atoms with Gasteiger partial charge >= 0.3 is 11.9 Å². The molecule has 0 aromatic carbocycles. The van der Waals surface area contributed by atoms with E-state index in [2.05, 4.69) is 9.97 Å². The van der Waals surface area contributed by atoms with E-state index in [-0.39, 0.29) is 23.1 Å². The first-order valence-electron chi connectivity index (χ1n) is 9.69. The SMILES string of the molecule is CC(C)Cn1c(=O)n(C)c(=O)c2nc(C(F)(F)F)c(CO[Si](C)(C)C(C)(C)C)nc21. The van der Waals surface area contributed by atoms with Crippen molar-refractivity contribution in [2.24, 2.45) is 13.0 Å². The Kier molecular flexibility index (Phi) is 6.40. The van der Waals surface area contributed by atoms with Gasteiger partial charge in [0.25, 0.3) is 5.56 Å². The first kappa shape index (κ1) is 24.3. The van der Waals surface area contributed by atoms with Crippen LogP contribution in [0.25, 0.3) is 11.2 Å². The van der Waals surface area contributed by atoms with Gasteiger partial charge in [0.2, 0.25) is 0 Å². The number of halogens is 3. The molecule has 0 amide bonds. The molecular formula is C19H29F3N4O3Si. The Hall–Kier alpha value is -2.01. The zero-order valence-corrected chi connectivity index (χ0v) is 19.6. The highest BCUT2D eigenvalue weighted by molar-refractivity contribution is 6.74. The molecule has 2 heterocycles. The van der Waals surface area contributed by atoms with Crippen molar-refractivity contribution in [3.8, 4) is 0 Å². The van der Waals surface area contributed by atoms with Crippen LogP contribution in [0, 0.1) is 5.92 Å². The molecule has 30 heavy (non-hydrogen) atoms. The van der Waals surface area contributed by atoms with E-state index in [0.717, 1.165) is 4.57 Å². The third-order valence-corrected chi connectivity index (χ3v) is 9.90. The standard InChI is InChI=1S/C19H29F3N4O3Si/c1-11(2)9-26-15-13(16(27)25(6)17(26)28)24-14(19(20,21)22)12(23-15)10-29-30(7,8)18(3,4)5/h11H,9-10H2,1-8H3. The van der Waals surface area contributed by atoms with Crippen molar-refractivity contribution >= 4 is 19.5 Å². The number of aromatic nitrogens is 4. The van der Waals surface area contributed by atoms with Gasteiger partial charge in [0.1, 0.15) is 0 Å². The predicted octanol–water partition coefficient (Wildman–Crippen LogP) is 3.69. The maximum absolute atomic E-state index is 13.7. The maximum Gasteiger partial charge on any atom is 0.435 e. The number of alkyl halides is 3. The minimum Gasteiger partial charge on any atom is -0.411 e. The van der Waals surface area contributed by atoms with Gasteiger partial charge in [-0.05, 0) is 24.1 Å². The fourth-order valence-corrected chi connectivity index (χ4v) is 3.56. The molecule has 2 rings (SSSR count). The van der Waals surface area contributed by atoms with E-state index in [4.69, 9.17) is 4.43 Å². The van der Waals surface area contributed by atoms with E-state index < -0.39 is 49.3 Å². The van der Waals surface area contributed by atoms with Crippen LogP contribution in [0.1, 0.15) is 46.0 Å². The molecule has 2 aromatic heterocycles. The summed E-state index contributed by atoms with van der Waals surface area (Å²) >= 11 is 0. The first-order valence-corrected chi connectivity index (χ1v) is 12.6. The zero-order chi connectivity index (χ0) is 23.2. The number of hydrogen-bond donors (Lipinski definition) is 0. The van der Waals surface area contributed by atoms with Crippen LogP contribution in [-0.4, -0.2) is 27.4 Å². The summed E-state index contributed by atoms with van der Waals surface area (Å²) < 4.78 is 49.1. The number of rotatable bonds is 5. The summed E-state index contributed by atoms with van der Waals surface area (Å²) in [6, 6.07) is 0. The number of nitrogens with zero attached hydrogens (tertiary/aromatic N) is 4. The summed E-state index contributed by atoms with van der Waals surface area (Å²) in [5, 5.41) is -0.217. The molecule has 11 heteroatoms. The highest BCUT2D eigenvalue weighted by atomic mass is 28.4. The zero-order valence-electron chi connectivity index (χ0n) is 18.6. The average Bonchev–Trinajstić information content (AvgIpc) is 2.59. The largest absolute Gasteiger partial charge is 0.435 e. The first-order chi connectivity index (χ1) is 13.5. The lowest BCUT2D eigenvalue weighted by Gasteiger charge is -2.36. The van der Waals surface area contributed by atoms with Crippen LogP contribution in [-0.2, 0) is 30.8 Å². The normalized spacial score (nSPS) is 13.5. The summed E-state index contributed by atoms with van der Waals surface area (Å²) in [4.78, 5) is 32.8. The van der Waals surface area contributed by atoms with Crippen LogP contribution in [0.2, 0.25) is 18.1 Å². The molecule has 0 radical (unpaired) electrons. The molecule has 0 N–H and O–H groups in total. The summed E-state index contributed by atoms with van der Waals surface area (Å²) in [6.07, 6.45) is -4.82. The van der Waals surface area contributed by atoms with E-state index in [1.807, 2.05) is 47.7 Å². The van der Waals surface area contributed by atoms with Gasteiger partial charge in [0.05, 0.1) is 12.3 Å². The van der Waals surface area contributed by atoms with Crippen molar-refractivity contribution in [3.63, 3.8) is 0 Å². The van der Waals surface area contributed by atoms with Crippen LogP contribution < -0.4 is 11.2 Å². The highest BCUT2D eigenvalue weighted by Gasteiger charge is 2.40. The molecule has 0 aliphatic heterocycles. The minimum atomic E-state index is -4.82. The molecule has 0 saturated heterocycles. The second kappa shape index (κ2) is 7.91. The van der Waals surface area contributed by atoms with Crippen molar-refractivity contribution in [1.29, 1.82) is 0 Å². The summed E-state index contributed by atoms with van der Waals surface area (Å²) in [7, 11) is -1.16. The van der Waals surface area contributed by atoms with Crippen LogP contribution in [0.5, 0.6) is 0 Å². The minimum absolute atomic E-state index is 0.000531. The van der Waals surface area contributed by atoms with Crippen molar-refractivity contribution in [1.82, 2.24) is 19.1 Å². The van der Waals surface area contributed by atoms with Crippen molar-refractivity contribution < 1.29 is 17.6 Å². The maximum atomic E-state index is 13.7. The van der Waals surface area contributed by atoms with E-state index in [0.29, 0.717) is 0 Å². The van der Waals surface area contributed by atoms with E-state index in [1.165, 1.54) is 11.6 Å². The van der Waals surface area contributed by atoms with Crippen LogP contribution in [0.3, 0.4) is 0 Å². The quantitative estimate of drug-likeness (QED) is 0.655. The van der Waals surface area contributed by atoms with Crippen LogP contribution >= 0.6 is 0 Å². The van der Waals surface area contributed by atoms with Crippen LogP contribution in [0.4, 0.5) is 13.2 Å². The molecule has 0 aliphatic rings. The summed E-state index contributed by atoms with van der Waals surface area (Å²) in [5.74, 6) is -0.000531. The highest BCUT2D eigenvalue weighted by Crippen LogP contribution is 2.38. The molecule has 0 fully saturated rings. The smallest absolute Gasteiger partial charge is 0.411 e. The van der Waals surface area contributed by atoms with E-state index in [9.17, 15) is 22.8 Å². The van der Waals surface area contributed by atoms with E-state index >= 15 is 0 Å². The summed E-state index contributed by atoms with van der Waals surface area (Å²) in [6.45, 7) is 13.2. The van der Waals surface area contributed by atoms with Crippen molar-refractivity contribution in [2.45, 2.75) is 72.1 Å². The second-order valence-electron chi connectivity index (χ2n) is 9.39. The molecule has 168 valence electrons. The second-order valence-corrected chi connectivity index (χ2v) is 14.2. The number of fused-ring (bicyclic) bond motifs is 1. The van der Waals surface area contributed by atoms with Crippen molar-refractivity contribution in [2.75, 3.05) is 0 Å². The van der Waals surface area contributed by atoms with Gasteiger partial charge in [-0.15, -0.1) is 0 Å². The monoisotopic (exact) mass is 446 g/mol. The van der Waals surface area contributed by atoms with Gasteiger partial charge in [0.15, 0.2) is 25.2 Å². The van der Waals surface area contributed by atoms with Gasteiger partial charge in [-0.1, -0.05) is 34.6 Å². The van der Waals surface area contributed by atoms with Crippen molar-refractivity contribution in [3.05, 3.63) is 32.2 Å².